The lowest BCUT2D eigenvalue weighted by Gasteiger charge is -2.02. The van der Waals surface area contributed by atoms with Gasteiger partial charge in [-0.3, -0.25) is 4.79 Å². The van der Waals surface area contributed by atoms with Gasteiger partial charge in [-0.2, -0.15) is 0 Å². The van der Waals surface area contributed by atoms with Crippen LogP contribution in [0, 0.1) is 0 Å². The van der Waals surface area contributed by atoms with E-state index in [2.05, 4.69) is 0 Å². The summed E-state index contributed by atoms with van der Waals surface area (Å²) >= 11 is 0. The second-order valence-electron chi connectivity index (χ2n) is 3.53. The van der Waals surface area contributed by atoms with Crippen LogP contribution in [0.1, 0.15) is 27.8 Å². The Morgan fingerprint density at radius 3 is 2.59 bits per heavy atom. The molecule has 0 atom stereocenters. The first-order valence-electron chi connectivity index (χ1n) is 4.89. The monoisotopic (exact) mass is 234 g/mol. The summed E-state index contributed by atoms with van der Waals surface area (Å²) in [5, 5.41) is 9.34. The number of carbonyl (C=O) groups is 2. The van der Waals surface area contributed by atoms with Crippen LogP contribution in [0.5, 0.6) is 5.75 Å². The van der Waals surface area contributed by atoms with Crippen molar-refractivity contribution in [2.45, 2.75) is 6.92 Å². The molecule has 0 aliphatic heterocycles. The number of Topliss-reactive ketones (excluding diaryl/α,β-unsaturated/α-hetero) is 1. The molecule has 5 heteroatoms. The van der Waals surface area contributed by atoms with Crippen molar-refractivity contribution in [1.29, 1.82) is 0 Å². The molecule has 0 bridgehead atoms. The predicted molar refractivity (Wildman–Crippen MR) is 59.7 cm³/mol. The minimum atomic E-state index is -1.18. The molecule has 0 saturated carbocycles. The van der Waals surface area contributed by atoms with Crippen LogP contribution < -0.4 is 4.74 Å². The fourth-order valence-electron chi connectivity index (χ4n) is 1.66. The van der Waals surface area contributed by atoms with Crippen LogP contribution in [0.4, 0.5) is 0 Å². The summed E-state index contributed by atoms with van der Waals surface area (Å²) < 4.78 is 10.3. The summed E-state index contributed by atoms with van der Waals surface area (Å²) in [7, 11) is 1.47. The number of hydrogen-bond acceptors (Lipinski definition) is 4. The van der Waals surface area contributed by atoms with Gasteiger partial charge in [-0.15, -0.1) is 0 Å². The third-order valence-corrected chi connectivity index (χ3v) is 2.45. The van der Waals surface area contributed by atoms with Gasteiger partial charge in [-0.25, -0.2) is 4.79 Å². The summed E-state index contributed by atoms with van der Waals surface area (Å²) in [6.07, 6.45) is 0. The Hall–Kier alpha value is -2.30. The summed E-state index contributed by atoms with van der Waals surface area (Å²) in [6, 6.07) is 4.52. The molecule has 0 aliphatic rings. The molecule has 1 N–H and O–H groups in total. The number of carboxylic acids is 1. The first-order chi connectivity index (χ1) is 8.04. The first-order valence-corrected chi connectivity index (χ1v) is 4.89. The molecule has 0 spiro atoms. The Morgan fingerprint density at radius 2 is 2.06 bits per heavy atom. The van der Waals surface area contributed by atoms with E-state index in [-0.39, 0.29) is 17.1 Å². The number of hydrogen-bond donors (Lipinski definition) is 1. The van der Waals surface area contributed by atoms with Gasteiger partial charge in [0.25, 0.3) is 0 Å². The molecule has 0 unspecified atom stereocenters. The minimum Gasteiger partial charge on any atom is -0.496 e. The lowest BCUT2D eigenvalue weighted by atomic mass is 10.1. The van der Waals surface area contributed by atoms with Gasteiger partial charge >= 0.3 is 5.97 Å². The normalized spacial score (nSPS) is 10.5. The number of ketones is 1. The molecule has 2 aromatic rings. The Bertz CT molecular complexity index is 609. The van der Waals surface area contributed by atoms with Crippen molar-refractivity contribution in [3.63, 3.8) is 0 Å². The zero-order chi connectivity index (χ0) is 12.6. The van der Waals surface area contributed by atoms with Gasteiger partial charge in [0.2, 0.25) is 5.76 Å². The van der Waals surface area contributed by atoms with Crippen molar-refractivity contribution in [1.82, 2.24) is 0 Å². The highest BCUT2D eigenvalue weighted by Crippen LogP contribution is 2.31. The number of fused-ring (bicyclic) bond motifs is 1. The van der Waals surface area contributed by atoms with E-state index in [0.29, 0.717) is 16.7 Å². The number of rotatable bonds is 3. The van der Waals surface area contributed by atoms with E-state index in [0.717, 1.165) is 0 Å². The molecule has 0 amide bonds. The second kappa shape index (κ2) is 3.93. The van der Waals surface area contributed by atoms with Crippen LogP contribution in [0.2, 0.25) is 0 Å². The predicted octanol–water partition coefficient (Wildman–Crippen LogP) is 2.34. The zero-order valence-electron chi connectivity index (χ0n) is 9.31. The number of carbonyl (C=O) groups excluding carboxylic acids is 1. The molecule has 88 valence electrons. The van der Waals surface area contributed by atoms with Gasteiger partial charge in [0, 0.05) is 6.07 Å². The van der Waals surface area contributed by atoms with Crippen molar-refractivity contribution < 1.29 is 23.8 Å². The average molecular weight is 234 g/mol. The number of methoxy groups -OCH3 is 1. The largest absolute Gasteiger partial charge is 0.496 e. The molecule has 1 heterocycles. The molecular formula is C12H10O5. The molecule has 1 aromatic heterocycles. The van der Waals surface area contributed by atoms with Crippen LogP contribution in [0.3, 0.4) is 0 Å². The quantitative estimate of drug-likeness (QED) is 0.825. The lowest BCUT2D eigenvalue weighted by Crippen LogP contribution is -1.93. The molecule has 0 radical (unpaired) electrons. The highest BCUT2D eigenvalue weighted by atomic mass is 16.5. The van der Waals surface area contributed by atoms with Crippen LogP contribution in [0.25, 0.3) is 11.0 Å². The van der Waals surface area contributed by atoms with E-state index < -0.39 is 5.97 Å². The van der Waals surface area contributed by atoms with E-state index >= 15 is 0 Å². The van der Waals surface area contributed by atoms with Gasteiger partial charge in [0.15, 0.2) is 5.78 Å². The van der Waals surface area contributed by atoms with E-state index in [1.165, 1.54) is 20.1 Å². The van der Waals surface area contributed by atoms with Crippen molar-refractivity contribution >= 4 is 22.7 Å². The molecule has 0 fully saturated rings. The Morgan fingerprint density at radius 1 is 1.35 bits per heavy atom. The maximum Gasteiger partial charge on any atom is 0.371 e. The van der Waals surface area contributed by atoms with Crippen LogP contribution >= 0.6 is 0 Å². The van der Waals surface area contributed by atoms with Gasteiger partial charge in [-0.1, -0.05) is 0 Å². The van der Waals surface area contributed by atoms with Crippen molar-refractivity contribution in [2.75, 3.05) is 7.11 Å². The summed E-state index contributed by atoms with van der Waals surface area (Å²) in [6.45, 7) is 1.39. The van der Waals surface area contributed by atoms with Crippen LogP contribution in [-0.4, -0.2) is 24.0 Å². The van der Waals surface area contributed by atoms with Gasteiger partial charge < -0.3 is 14.3 Å². The van der Waals surface area contributed by atoms with Crippen molar-refractivity contribution in [2.24, 2.45) is 0 Å². The Labute approximate surface area is 96.6 Å². The topological polar surface area (TPSA) is 76.7 Å². The minimum absolute atomic E-state index is 0.191. The molecule has 1 aromatic carbocycles. The molecular weight excluding hydrogens is 224 g/mol. The second-order valence-corrected chi connectivity index (χ2v) is 3.53. The van der Waals surface area contributed by atoms with Gasteiger partial charge in [0.1, 0.15) is 11.3 Å². The number of aromatic carboxylic acids is 1. The van der Waals surface area contributed by atoms with Crippen LogP contribution in [0.15, 0.2) is 22.6 Å². The third kappa shape index (κ3) is 1.75. The molecule has 5 nitrogen and oxygen atoms in total. The van der Waals surface area contributed by atoms with E-state index in [1.54, 1.807) is 12.1 Å². The fourth-order valence-corrected chi connectivity index (χ4v) is 1.66. The summed E-state index contributed by atoms with van der Waals surface area (Å²) in [4.78, 5) is 22.2. The van der Waals surface area contributed by atoms with Crippen molar-refractivity contribution in [3.05, 3.63) is 29.5 Å². The average Bonchev–Trinajstić information content (AvgIpc) is 2.71. The van der Waals surface area contributed by atoms with Crippen LogP contribution in [-0.2, 0) is 0 Å². The molecule has 0 saturated heterocycles. The Balaban J connectivity index is 2.81. The third-order valence-electron chi connectivity index (χ3n) is 2.45. The van der Waals surface area contributed by atoms with Gasteiger partial charge in [0.05, 0.1) is 18.1 Å². The maximum absolute atomic E-state index is 11.4. The number of furan rings is 1. The number of benzene rings is 1. The highest BCUT2D eigenvalue weighted by Gasteiger charge is 2.18. The SMILES string of the molecule is COc1ccc(C(C)=O)c2oc(C(=O)O)cc12. The zero-order valence-corrected chi connectivity index (χ0v) is 9.31. The fraction of sp³-hybridized carbons (Fsp3) is 0.167. The summed E-state index contributed by atoms with van der Waals surface area (Å²) in [5.74, 6) is -1.12. The van der Waals surface area contributed by atoms with E-state index in [1.807, 2.05) is 0 Å². The highest BCUT2D eigenvalue weighted by molar-refractivity contribution is 6.07. The van der Waals surface area contributed by atoms with E-state index in [4.69, 9.17) is 14.3 Å². The summed E-state index contributed by atoms with van der Waals surface area (Å²) in [5.41, 5.74) is 0.586. The molecule has 17 heavy (non-hydrogen) atoms. The van der Waals surface area contributed by atoms with Crippen molar-refractivity contribution in [3.8, 4) is 5.75 Å². The van der Waals surface area contributed by atoms with Gasteiger partial charge in [-0.05, 0) is 19.1 Å². The Kier molecular flexibility index (Phi) is 2.59. The number of ether oxygens (including phenoxy) is 1. The smallest absolute Gasteiger partial charge is 0.371 e. The lowest BCUT2D eigenvalue weighted by molar-refractivity contribution is 0.0664. The maximum atomic E-state index is 11.4. The first kappa shape index (κ1) is 11.2. The van der Waals surface area contributed by atoms with E-state index in [9.17, 15) is 9.59 Å². The number of carboxylic acid groups (broad SMARTS) is 1. The standard InChI is InChI=1S/C12H10O5/c1-6(13)7-3-4-9(16-2)8-5-10(12(14)15)17-11(7)8/h3-5H,1-2H3,(H,14,15). The molecule has 2 rings (SSSR count). The molecule has 0 aliphatic carbocycles.